The van der Waals surface area contributed by atoms with E-state index in [4.69, 9.17) is 21.4 Å². The van der Waals surface area contributed by atoms with Crippen molar-refractivity contribution in [1.82, 2.24) is 19.6 Å². The molecule has 2 heterocycles. The first-order valence-electron chi connectivity index (χ1n) is 9.37. The van der Waals surface area contributed by atoms with Gasteiger partial charge in [0.15, 0.2) is 0 Å². The highest BCUT2D eigenvalue weighted by Gasteiger charge is 2.28. The molecule has 27 heavy (non-hydrogen) atoms. The van der Waals surface area contributed by atoms with E-state index in [0.29, 0.717) is 11.6 Å². The lowest BCUT2D eigenvalue weighted by atomic mass is 9.93. The maximum atomic E-state index is 10.5. The largest absolute Gasteiger partial charge is 0.493 e. The SMILES string of the molecule is CCOc1ccc(Cl)cc1-c1nn([C@H]2CCCC[C@@H]2O)cc1-n1cccn1. The summed E-state index contributed by atoms with van der Waals surface area (Å²) >= 11 is 6.27. The molecule has 0 saturated heterocycles. The Bertz CT molecular complexity index is 907. The predicted molar refractivity (Wildman–Crippen MR) is 104 cm³/mol. The summed E-state index contributed by atoms with van der Waals surface area (Å²) in [6, 6.07) is 7.38. The molecular formula is C20H23ClN4O2. The Hall–Kier alpha value is -2.31. The number of ether oxygens (including phenoxy) is 1. The molecule has 1 fully saturated rings. The standard InChI is InChI=1S/C20H23ClN4O2/c1-2-27-19-9-8-14(21)12-15(19)20-17(24-11-5-10-22-24)13-25(23-20)16-6-3-4-7-18(16)26/h5,8-13,16,18,26H,2-4,6-7H2,1H3/t16-,18-/m0/s1. The van der Waals surface area contributed by atoms with Crippen molar-refractivity contribution in [2.75, 3.05) is 6.61 Å². The van der Waals surface area contributed by atoms with Crippen molar-refractivity contribution in [2.24, 2.45) is 0 Å². The zero-order valence-electron chi connectivity index (χ0n) is 15.3. The number of aliphatic hydroxyl groups excluding tert-OH is 1. The van der Waals surface area contributed by atoms with E-state index in [-0.39, 0.29) is 12.1 Å². The molecule has 1 saturated carbocycles. The second-order valence-corrected chi connectivity index (χ2v) is 7.22. The average Bonchev–Trinajstić information content (AvgIpc) is 3.33. The van der Waals surface area contributed by atoms with Crippen LogP contribution in [0.15, 0.2) is 42.9 Å². The van der Waals surface area contributed by atoms with Gasteiger partial charge in [0.1, 0.15) is 17.1 Å². The van der Waals surface area contributed by atoms with E-state index < -0.39 is 0 Å². The van der Waals surface area contributed by atoms with Gasteiger partial charge in [-0.25, -0.2) is 4.68 Å². The Kier molecular flexibility index (Phi) is 5.18. The highest BCUT2D eigenvalue weighted by atomic mass is 35.5. The number of aliphatic hydroxyl groups is 1. The average molecular weight is 387 g/mol. The second-order valence-electron chi connectivity index (χ2n) is 6.79. The Labute approximate surface area is 163 Å². The molecule has 0 aliphatic heterocycles. The first-order chi connectivity index (χ1) is 13.2. The third-order valence-electron chi connectivity index (χ3n) is 4.99. The molecular weight excluding hydrogens is 364 g/mol. The third-order valence-corrected chi connectivity index (χ3v) is 5.23. The van der Waals surface area contributed by atoms with Crippen LogP contribution in [0.5, 0.6) is 5.75 Å². The number of rotatable bonds is 5. The summed E-state index contributed by atoms with van der Waals surface area (Å²) in [6.45, 7) is 2.50. The van der Waals surface area contributed by atoms with E-state index in [1.807, 2.05) is 48.3 Å². The highest BCUT2D eigenvalue weighted by molar-refractivity contribution is 6.31. The minimum Gasteiger partial charge on any atom is -0.493 e. The van der Waals surface area contributed by atoms with Crippen molar-refractivity contribution < 1.29 is 9.84 Å². The molecule has 2 atom stereocenters. The molecule has 0 spiro atoms. The molecule has 4 rings (SSSR count). The third kappa shape index (κ3) is 3.59. The summed E-state index contributed by atoms with van der Waals surface area (Å²) in [5, 5.41) is 20.3. The van der Waals surface area contributed by atoms with Crippen LogP contribution in [0.25, 0.3) is 16.9 Å². The van der Waals surface area contributed by atoms with Crippen LogP contribution in [0.2, 0.25) is 5.02 Å². The summed E-state index contributed by atoms with van der Waals surface area (Å²) < 4.78 is 9.47. The minimum absolute atomic E-state index is 0.0310. The molecule has 0 radical (unpaired) electrons. The predicted octanol–water partition coefficient (Wildman–Crippen LogP) is 4.26. The smallest absolute Gasteiger partial charge is 0.128 e. The van der Waals surface area contributed by atoms with Gasteiger partial charge in [-0.15, -0.1) is 0 Å². The number of hydrogen-bond donors (Lipinski definition) is 1. The number of benzene rings is 1. The quantitative estimate of drug-likeness (QED) is 0.711. The van der Waals surface area contributed by atoms with Crippen molar-refractivity contribution in [3.05, 3.63) is 47.9 Å². The molecule has 3 aromatic rings. The van der Waals surface area contributed by atoms with Gasteiger partial charge in [-0.1, -0.05) is 24.4 Å². The lowest BCUT2D eigenvalue weighted by Crippen LogP contribution is -2.27. The zero-order chi connectivity index (χ0) is 18.8. The molecule has 1 N–H and O–H groups in total. The van der Waals surface area contributed by atoms with Gasteiger partial charge >= 0.3 is 0 Å². The zero-order valence-corrected chi connectivity index (χ0v) is 16.0. The topological polar surface area (TPSA) is 65.1 Å². The van der Waals surface area contributed by atoms with Gasteiger partial charge in [-0.2, -0.15) is 10.2 Å². The van der Waals surface area contributed by atoms with E-state index in [2.05, 4.69) is 5.10 Å². The van der Waals surface area contributed by atoms with Gasteiger partial charge in [-0.05, 0) is 44.0 Å². The molecule has 0 unspecified atom stereocenters. The number of aromatic nitrogens is 4. The van der Waals surface area contributed by atoms with Crippen LogP contribution in [0.3, 0.4) is 0 Å². The highest BCUT2D eigenvalue weighted by Crippen LogP contribution is 2.37. The first kappa shape index (κ1) is 18.1. The summed E-state index contributed by atoms with van der Waals surface area (Å²) in [7, 11) is 0. The van der Waals surface area contributed by atoms with E-state index >= 15 is 0 Å². The monoisotopic (exact) mass is 386 g/mol. The summed E-state index contributed by atoms with van der Waals surface area (Å²) in [6.07, 6.45) is 9.05. The lowest BCUT2D eigenvalue weighted by Gasteiger charge is -2.27. The van der Waals surface area contributed by atoms with Crippen molar-refractivity contribution in [1.29, 1.82) is 0 Å². The molecule has 7 heteroatoms. The molecule has 1 aliphatic carbocycles. The van der Waals surface area contributed by atoms with E-state index in [0.717, 1.165) is 48.4 Å². The molecule has 1 aromatic carbocycles. The maximum absolute atomic E-state index is 10.5. The summed E-state index contributed by atoms with van der Waals surface area (Å²) in [4.78, 5) is 0. The van der Waals surface area contributed by atoms with E-state index in [9.17, 15) is 5.11 Å². The molecule has 1 aliphatic rings. The van der Waals surface area contributed by atoms with E-state index in [1.54, 1.807) is 10.9 Å². The number of hydrogen-bond acceptors (Lipinski definition) is 4. The van der Waals surface area contributed by atoms with Crippen LogP contribution in [0.1, 0.15) is 38.6 Å². The van der Waals surface area contributed by atoms with Gasteiger partial charge in [0.25, 0.3) is 0 Å². The minimum atomic E-state index is -0.386. The van der Waals surface area contributed by atoms with Gasteiger partial charge < -0.3 is 9.84 Å². The molecule has 0 amide bonds. The van der Waals surface area contributed by atoms with Gasteiger partial charge in [-0.3, -0.25) is 4.68 Å². The first-order valence-corrected chi connectivity index (χ1v) is 9.75. The Balaban J connectivity index is 1.86. The molecule has 142 valence electrons. The van der Waals surface area contributed by atoms with Gasteiger partial charge in [0.05, 0.1) is 24.9 Å². The van der Waals surface area contributed by atoms with Crippen LogP contribution in [0.4, 0.5) is 0 Å². The van der Waals surface area contributed by atoms with Crippen LogP contribution in [0, 0.1) is 0 Å². The lowest BCUT2D eigenvalue weighted by molar-refractivity contribution is 0.0695. The van der Waals surface area contributed by atoms with Crippen LogP contribution in [-0.4, -0.2) is 37.4 Å². The number of halogens is 1. The van der Waals surface area contributed by atoms with Crippen LogP contribution >= 0.6 is 11.6 Å². The number of nitrogens with zero attached hydrogens (tertiary/aromatic N) is 4. The second kappa shape index (κ2) is 7.74. The molecule has 6 nitrogen and oxygen atoms in total. The Morgan fingerprint density at radius 2 is 2.15 bits per heavy atom. The van der Waals surface area contributed by atoms with Crippen molar-refractivity contribution in [3.63, 3.8) is 0 Å². The Morgan fingerprint density at radius 1 is 1.30 bits per heavy atom. The van der Waals surface area contributed by atoms with Gasteiger partial charge in [0, 0.05) is 23.0 Å². The van der Waals surface area contributed by atoms with Crippen molar-refractivity contribution >= 4 is 11.6 Å². The Morgan fingerprint density at radius 3 is 2.89 bits per heavy atom. The van der Waals surface area contributed by atoms with Crippen LogP contribution in [-0.2, 0) is 0 Å². The fourth-order valence-electron chi connectivity index (χ4n) is 3.69. The fourth-order valence-corrected chi connectivity index (χ4v) is 3.86. The summed E-state index contributed by atoms with van der Waals surface area (Å²) in [5.74, 6) is 0.727. The van der Waals surface area contributed by atoms with Crippen molar-refractivity contribution in [3.8, 4) is 22.7 Å². The maximum Gasteiger partial charge on any atom is 0.128 e. The van der Waals surface area contributed by atoms with Crippen LogP contribution < -0.4 is 4.74 Å². The normalized spacial score (nSPS) is 20.0. The fraction of sp³-hybridized carbons (Fsp3) is 0.400. The molecule has 0 bridgehead atoms. The van der Waals surface area contributed by atoms with Gasteiger partial charge in [0.2, 0.25) is 0 Å². The molecule has 2 aromatic heterocycles. The van der Waals surface area contributed by atoms with Crippen molar-refractivity contribution in [2.45, 2.75) is 44.8 Å². The summed E-state index contributed by atoms with van der Waals surface area (Å²) in [5.41, 5.74) is 2.39. The van der Waals surface area contributed by atoms with E-state index in [1.165, 1.54) is 0 Å².